The maximum Gasteiger partial charge on any atom is 0.167 e. The molecule has 1 aliphatic rings. The standard InChI is InChI=1S/C17H19N5O5/c1-26-10-4-2-9(3-5-10)21-15-12-16(19-7-18-15)22(8-20-12)17-14(25)13(24)11(6-23)27-17/h2-5,7-8,11,13-14,17,23-25H,6H2,1H3,(H,18,19,21)/t11-,13+,14-,17-/m0/s1. The topological polar surface area (TPSA) is 135 Å². The van der Waals surface area contributed by atoms with Crippen LogP contribution in [0.2, 0.25) is 0 Å². The second kappa shape index (κ2) is 7.08. The van der Waals surface area contributed by atoms with Crippen LogP contribution >= 0.6 is 0 Å². The van der Waals surface area contributed by atoms with Gasteiger partial charge in [0.1, 0.15) is 30.4 Å². The van der Waals surface area contributed by atoms with Crippen molar-refractivity contribution >= 4 is 22.7 Å². The van der Waals surface area contributed by atoms with Crippen molar-refractivity contribution in [1.82, 2.24) is 19.5 Å². The van der Waals surface area contributed by atoms with Gasteiger partial charge >= 0.3 is 0 Å². The number of nitrogens with zero attached hydrogens (tertiary/aromatic N) is 4. The van der Waals surface area contributed by atoms with E-state index in [4.69, 9.17) is 9.47 Å². The van der Waals surface area contributed by atoms with E-state index in [0.29, 0.717) is 17.0 Å². The largest absolute Gasteiger partial charge is 0.497 e. The highest BCUT2D eigenvalue weighted by atomic mass is 16.6. The van der Waals surface area contributed by atoms with Crippen molar-refractivity contribution in [3.8, 4) is 5.75 Å². The molecule has 0 aliphatic carbocycles. The molecule has 0 saturated carbocycles. The molecule has 1 aliphatic heterocycles. The molecule has 142 valence electrons. The van der Waals surface area contributed by atoms with E-state index in [2.05, 4.69) is 20.3 Å². The molecule has 3 heterocycles. The Labute approximate surface area is 154 Å². The minimum Gasteiger partial charge on any atom is -0.497 e. The van der Waals surface area contributed by atoms with Crippen molar-refractivity contribution in [3.63, 3.8) is 0 Å². The normalized spacial score (nSPS) is 25.0. The van der Waals surface area contributed by atoms with Gasteiger partial charge in [0.15, 0.2) is 23.2 Å². The maximum atomic E-state index is 10.2. The Bertz CT molecular complexity index is 931. The Balaban J connectivity index is 1.65. The first kappa shape index (κ1) is 17.6. The average Bonchev–Trinajstić information content (AvgIpc) is 3.25. The molecule has 27 heavy (non-hydrogen) atoms. The summed E-state index contributed by atoms with van der Waals surface area (Å²) >= 11 is 0. The minimum atomic E-state index is -1.22. The first-order valence-electron chi connectivity index (χ1n) is 8.33. The van der Waals surface area contributed by atoms with Gasteiger partial charge < -0.3 is 30.1 Å². The zero-order valence-corrected chi connectivity index (χ0v) is 14.4. The van der Waals surface area contributed by atoms with Crippen LogP contribution in [0.25, 0.3) is 11.2 Å². The molecular weight excluding hydrogens is 354 g/mol. The van der Waals surface area contributed by atoms with Crippen LogP contribution in [-0.2, 0) is 4.74 Å². The number of nitrogens with one attached hydrogen (secondary N) is 1. The number of aromatic nitrogens is 4. The lowest BCUT2D eigenvalue weighted by Crippen LogP contribution is -2.33. The zero-order valence-electron chi connectivity index (χ0n) is 14.4. The van der Waals surface area contributed by atoms with Crippen LogP contribution in [0.3, 0.4) is 0 Å². The number of methoxy groups -OCH3 is 1. The van der Waals surface area contributed by atoms with Gasteiger partial charge in [-0.25, -0.2) is 15.0 Å². The number of anilines is 2. The number of imidazole rings is 1. The minimum absolute atomic E-state index is 0.402. The van der Waals surface area contributed by atoms with Crippen LogP contribution in [0.15, 0.2) is 36.9 Å². The molecular formula is C17H19N5O5. The van der Waals surface area contributed by atoms with Gasteiger partial charge in [-0.2, -0.15) is 0 Å². The second-order valence-corrected chi connectivity index (χ2v) is 6.13. The number of fused-ring (bicyclic) bond motifs is 1. The molecule has 4 N–H and O–H groups in total. The van der Waals surface area contributed by atoms with E-state index in [9.17, 15) is 15.3 Å². The third-order valence-corrected chi connectivity index (χ3v) is 4.50. The van der Waals surface area contributed by atoms with Crippen molar-refractivity contribution in [3.05, 3.63) is 36.9 Å². The zero-order chi connectivity index (χ0) is 19.0. The Kier molecular flexibility index (Phi) is 4.62. The third kappa shape index (κ3) is 3.08. The first-order chi connectivity index (χ1) is 13.1. The fourth-order valence-corrected chi connectivity index (χ4v) is 3.05. The molecule has 1 aromatic carbocycles. The molecule has 0 spiro atoms. The number of aliphatic hydroxyl groups is 3. The van der Waals surface area contributed by atoms with Gasteiger partial charge in [0, 0.05) is 5.69 Å². The van der Waals surface area contributed by atoms with Crippen LogP contribution in [0.1, 0.15) is 6.23 Å². The van der Waals surface area contributed by atoms with E-state index in [-0.39, 0.29) is 0 Å². The molecule has 0 radical (unpaired) electrons. The van der Waals surface area contributed by atoms with Crippen LogP contribution in [0, 0.1) is 0 Å². The number of benzene rings is 1. The molecule has 10 heteroatoms. The molecule has 0 bridgehead atoms. The Morgan fingerprint density at radius 3 is 2.59 bits per heavy atom. The van der Waals surface area contributed by atoms with Gasteiger partial charge in [0.05, 0.1) is 20.0 Å². The summed E-state index contributed by atoms with van der Waals surface area (Å²) in [5.74, 6) is 1.22. The number of hydrogen-bond acceptors (Lipinski definition) is 9. The van der Waals surface area contributed by atoms with Crippen LogP contribution in [-0.4, -0.2) is 66.9 Å². The predicted molar refractivity (Wildman–Crippen MR) is 94.6 cm³/mol. The van der Waals surface area contributed by atoms with Crippen LogP contribution in [0.5, 0.6) is 5.75 Å². The van der Waals surface area contributed by atoms with Crippen LogP contribution in [0.4, 0.5) is 11.5 Å². The Morgan fingerprint density at radius 2 is 1.93 bits per heavy atom. The summed E-state index contributed by atoms with van der Waals surface area (Å²) in [6, 6.07) is 7.32. The van der Waals surface area contributed by atoms with Crippen molar-refractivity contribution in [2.24, 2.45) is 0 Å². The third-order valence-electron chi connectivity index (χ3n) is 4.50. The molecule has 0 unspecified atom stereocenters. The lowest BCUT2D eigenvalue weighted by Gasteiger charge is -2.16. The van der Waals surface area contributed by atoms with Crippen LogP contribution < -0.4 is 10.1 Å². The molecule has 4 rings (SSSR count). The quantitative estimate of drug-likeness (QED) is 0.494. The van der Waals surface area contributed by atoms with Gasteiger partial charge in [-0.05, 0) is 24.3 Å². The van der Waals surface area contributed by atoms with E-state index in [1.165, 1.54) is 17.2 Å². The highest BCUT2D eigenvalue weighted by Crippen LogP contribution is 2.32. The molecule has 2 aromatic heterocycles. The van der Waals surface area contributed by atoms with Crippen molar-refractivity contribution < 1.29 is 24.8 Å². The lowest BCUT2D eigenvalue weighted by atomic mass is 10.1. The predicted octanol–water partition coefficient (Wildman–Crippen LogP) is 0.190. The van der Waals surface area contributed by atoms with Crippen molar-refractivity contribution in [2.45, 2.75) is 24.5 Å². The summed E-state index contributed by atoms with van der Waals surface area (Å²) in [5.41, 5.74) is 1.69. The highest BCUT2D eigenvalue weighted by molar-refractivity contribution is 5.85. The van der Waals surface area contributed by atoms with E-state index >= 15 is 0 Å². The molecule has 0 amide bonds. The first-order valence-corrected chi connectivity index (χ1v) is 8.33. The highest BCUT2D eigenvalue weighted by Gasteiger charge is 2.44. The second-order valence-electron chi connectivity index (χ2n) is 6.13. The molecule has 1 saturated heterocycles. The summed E-state index contributed by atoms with van der Waals surface area (Å²) in [7, 11) is 1.60. The van der Waals surface area contributed by atoms with Gasteiger partial charge in [-0.1, -0.05) is 0 Å². The summed E-state index contributed by atoms with van der Waals surface area (Å²) in [6.45, 7) is -0.402. The van der Waals surface area contributed by atoms with Gasteiger partial charge in [0.25, 0.3) is 0 Å². The fraction of sp³-hybridized carbons (Fsp3) is 0.353. The van der Waals surface area contributed by atoms with E-state index in [1.807, 2.05) is 24.3 Å². The Hall–Kier alpha value is -2.79. The van der Waals surface area contributed by atoms with E-state index in [1.54, 1.807) is 7.11 Å². The fourth-order valence-electron chi connectivity index (χ4n) is 3.05. The molecule has 1 fully saturated rings. The summed E-state index contributed by atoms with van der Waals surface area (Å²) in [5, 5.41) is 32.6. The molecule has 3 aromatic rings. The van der Waals surface area contributed by atoms with Gasteiger partial charge in [0.2, 0.25) is 0 Å². The van der Waals surface area contributed by atoms with Crippen molar-refractivity contribution in [2.75, 3.05) is 19.0 Å². The van der Waals surface area contributed by atoms with Gasteiger partial charge in [-0.3, -0.25) is 4.57 Å². The summed E-state index contributed by atoms with van der Waals surface area (Å²) < 4.78 is 12.2. The number of ether oxygens (including phenoxy) is 2. The van der Waals surface area contributed by atoms with E-state index in [0.717, 1.165) is 11.4 Å². The average molecular weight is 373 g/mol. The molecule has 10 nitrogen and oxygen atoms in total. The van der Waals surface area contributed by atoms with E-state index < -0.39 is 31.1 Å². The Morgan fingerprint density at radius 1 is 1.15 bits per heavy atom. The SMILES string of the molecule is COc1ccc(Nc2ncnc3c2ncn3[C@H]2O[C@@H](CO)[C@@H](O)[C@@H]2O)cc1. The maximum absolute atomic E-state index is 10.2. The summed E-state index contributed by atoms with van der Waals surface area (Å²) in [6.07, 6.45) is -1.37. The van der Waals surface area contributed by atoms with Crippen molar-refractivity contribution in [1.29, 1.82) is 0 Å². The smallest absolute Gasteiger partial charge is 0.167 e. The molecule has 4 atom stereocenters. The monoisotopic (exact) mass is 373 g/mol. The number of rotatable bonds is 5. The number of hydrogen-bond donors (Lipinski definition) is 4. The lowest BCUT2D eigenvalue weighted by molar-refractivity contribution is -0.0511. The number of aliphatic hydroxyl groups excluding tert-OH is 3. The van der Waals surface area contributed by atoms with Gasteiger partial charge in [-0.15, -0.1) is 0 Å². The summed E-state index contributed by atoms with van der Waals surface area (Å²) in [4.78, 5) is 12.8.